The number of nitriles is 1. The van der Waals surface area contributed by atoms with Crippen LogP contribution in [0.5, 0.6) is 5.75 Å². The second-order valence-corrected chi connectivity index (χ2v) is 4.00. The van der Waals surface area contributed by atoms with Gasteiger partial charge >= 0.3 is 0 Å². The Kier molecular flexibility index (Phi) is 4.24. The summed E-state index contributed by atoms with van der Waals surface area (Å²) in [6.07, 6.45) is 1.19. The van der Waals surface area contributed by atoms with E-state index >= 15 is 0 Å². The molecule has 0 spiro atoms. The molecule has 14 heavy (non-hydrogen) atoms. The summed E-state index contributed by atoms with van der Waals surface area (Å²) in [5, 5.41) is 9.05. The summed E-state index contributed by atoms with van der Waals surface area (Å²) < 4.78 is 6.00. The molecule has 4 heteroatoms. The quantitative estimate of drug-likeness (QED) is 0.844. The van der Waals surface area contributed by atoms with Gasteiger partial charge in [0.1, 0.15) is 5.75 Å². The van der Waals surface area contributed by atoms with Crippen LogP contribution in [0, 0.1) is 11.3 Å². The molecule has 0 aliphatic carbocycles. The third-order valence-electron chi connectivity index (χ3n) is 1.83. The molecular formula is C10H9BrClNO. The molecule has 0 saturated carbocycles. The van der Waals surface area contributed by atoms with Gasteiger partial charge in [0.2, 0.25) is 0 Å². The third kappa shape index (κ3) is 2.63. The molecule has 0 heterocycles. The van der Waals surface area contributed by atoms with Crippen molar-refractivity contribution in [2.75, 3.05) is 7.11 Å². The van der Waals surface area contributed by atoms with Gasteiger partial charge in [-0.05, 0) is 24.1 Å². The van der Waals surface area contributed by atoms with Gasteiger partial charge < -0.3 is 4.74 Å². The molecule has 2 nitrogen and oxygen atoms in total. The molecule has 0 radical (unpaired) electrons. The smallest absolute Gasteiger partial charge is 0.137 e. The van der Waals surface area contributed by atoms with E-state index in [2.05, 4.69) is 22.0 Å². The number of benzene rings is 1. The third-order valence-corrected chi connectivity index (χ3v) is 2.86. The molecule has 0 bridgehead atoms. The maximum atomic E-state index is 8.48. The van der Waals surface area contributed by atoms with Crippen molar-refractivity contribution in [1.29, 1.82) is 5.26 Å². The summed E-state index contributed by atoms with van der Waals surface area (Å²) in [4.78, 5) is 0. The van der Waals surface area contributed by atoms with Gasteiger partial charge in [0.05, 0.1) is 18.2 Å². The van der Waals surface area contributed by atoms with Crippen LogP contribution in [0.1, 0.15) is 12.0 Å². The van der Waals surface area contributed by atoms with Crippen molar-refractivity contribution in [3.05, 3.63) is 27.2 Å². The van der Waals surface area contributed by atoms with E-state index in [-0.39, 0.29) is 0 Å². The molecule has 74 valence electrons. The summed E-state index contributed by atoms with van der Waals surface area (Å²) in [7, 11) is 1.57. The Bertz CT molecular complexity index is 373. The second kappa shape index (κ2) is 5.23. The number of ether oxygens (including phenoxy) is 1. The highest BCUT2D eigenvalue weighted by atomic mass is 79.9. The van der Waals surface area contributed by atoms with Gasteiger partial charge in [-0.3, -0.25) is 0 Å². The first-order chi connectivity index (χ1) is 6.69. The predicted octanol–water partition coefficient (Wildman–Crippen LogP) is 3.57. The molecular weight excluding hydrogens is 265 g/mol. The number of rotatable bonds is 3. The van der Waals surface area contributed by atoms with Crippen molar-refractivity contribution in [3.63, 3.8) is 0 Å². The average molecular weight is 275 g/mol. The molecule has 1 aromatic carbocycles. The van der Waals surface area contributed by atoms with E-state index in [1.807, 2.05) is 6.07 Å². The van der Waals surface area contributed by atoms with Gasteiger partial charge in [-0.1, -0.05) is 27.5 Å². The van der Waals surface area contributed by atoms with Gasteiger partial charge in [0.25, 0.3) is 0 Å². The van der Waals surface area contributed by atoms with Crippen molar-refractivity contribution >= 4 is 27.5 Å². The minimum atomic E-state index is 0.489. The van der Waals surface area contributed by atoms with Crippen LogP contribution < -0.4 is 4.74 Å². The molecule has 0 aliphatic heterocycles. The topological polar surface area (TPSA) is 33.0 Å². The maximum Gasteiger partial charge on any atom is 0.137 e. The Morgan fingerprint density at radius 2 is 2.29 bits per heavy atom. The first kappa shape index (κ1) is 11.4. The van der Waals surface area contributed by atoms with Crippen LogP contribution in [0.2, 0.25) is 5.02 Å². The molecule has 0 saturated heterocycles. The van der Waals surface area contributed by atoms with E-state index in [4.69, 9.17) is 21.6 Å². The predicted molar refractivity (Wildman–Crippen MR) is 59.6 cm³/mol. The zero-order valence-corrected chi connectivity index (χ0v) is 10.0. The first-order valence-electron chi connectivity index (χ1n) is 4.08. The SMILES string of the molecule is COc1cc(CCC#N)c(Br)cc1Cl. The Morgan fingerprint density at radius 3 is 2.86 bits per heavy atom. The fourth-order valence-corrected chi connectivity index (χ4v) is 2.02. The van der Waals surface area contributed by atoms with E-state index in [9.17, 15) is 0 Å². The number of halogens is 2. The highest BCUT2D eigenvalue weighted by Crippen LogP contribution is 2.31. The minimum absolute atomic E-state index is 0.489. The molecule has 0 amide bonds. The maximum absolute atomic E-state index is 8.48. The molecule has 1 rings (SSSR count). The Morgan fingerprint density at radius 1 is 1.57 bits per heavy atom. The number of hydrogen-bond acceptors (Lipinski definition) is 2. The lowest BCUT2D eigenvalue weighted by molar-refractivity contribution is 0.414. The highest BCUT2D eigenvalue weighted by molar-refractivity contribution is 9.10. The number of aryl methyl sites for hydroxylation is 1. The first-order valence-corrected chi connectivity index (χ1v) is 5.25. The lowest BCUT2D eigenvalue weighted by atomic mass is 10.1. The Hall–Kier alpha value is -0.720. The summed E-state index contributed by atoms with van der Waals surface area (Å²) in [6.45, 7) is 0. The summed E-state index contributed by atoms with van der Waals surface area (Å²) in [6, 6.07) is 5.74. The van der Waals surface area contributed by atoms with Crippen molar-refractivity contribution in [2.45, 2.75) is 12.8 Å². The minimum Gasteiger partial charge on any atom is -0.495 e. The Labute approximate surface area is 96.6 Å². The summed E-state index contributed by atoms with van der Waals surface area (Å²) in [5.41, 5.74) is 1.04. The molecule has 0 unspecified atom stereocenters. The van der Waals surface area contributed by atoms with E-state index in [0.29, 0.717) is 23.6 Å². The van der Waals surface area contributed by atoms with Gasteiger partial charge in [-0.25, -0.2) is 0 Å². The summed E-state index contributed by atoms with van der Waals surface area (Å²) >= 11 is 9.31. The van der Waals surface area contributed by atoms with Crippen LogP contribution in [0.25, 0.3) is 0 Å². The zero-order chi connectivity index (χ0) is 10.6. The van der Waals surface area contributed by atoms with Gasteiger partial charge in [-0.2, -0.15) is 5.26 Å². The molecule has 1 aromatic rings. The Balaban J connectivity index is 2.99. The molecule has 0 N–H and O–H groups in total. The van der Waals surface area contributed by atoms with E-state index in [1.54, 1.807) is 13.2 Å². The molecule has 0 aliphatic rings. The normalized spacial score (nSPS) is 9.57. The molecule has 0 atom stereocenters. The fourth-order valence-electron chi connectivity index (χ4n) is 1.11. The van der Waals surface area contributed by atoms with Crippen LogP contribution in [0.15, 0.2) is 16.6 Å². The van der Waals surface area contributed by atoms with Crippen molar-refractivity contribution in [2.24, 2.45) is 0 Å². The van der Waals surface area contributed by atoms with Gasteiger partial charge in [0.15, 0.2) is 0 Å². The van der Waals surface area contributed by atoms with Crippen LogP contribution in [-0.2, 0) is 6.42 Å². The second-order valence-electron chi connectivity index (χ2n) is 2.74. The van der Waals surface area contributed by atoms with E-state index in [0.717, 1.165) is 10.0 Å². The number of methoxy groups -OCH3 is 1. The van der Waals surface area contributed by atoms with E-state index < -0.39 is 0 Å². The average Bonchev–Trinajstić information content (AvgIpc) is 2.17. The van der Waals surface area contributed by atoms with Crippen molar-refractivity contribution in [3.8, 4) is 11.8 Å². The number of hydrogen-bond donors (Lipinski definition) is 0. The highest BCUT2D eigenvalue weighted by Gasteiger charge is 2.06. The van der Waals surface area contributed by atoms with Crippen LogP contribution in [0.3, 0.4) is 0 Å². The zero-order valence-electron chi connectivity index (χ0n) is 7.68. The van der Waals surface area contributed by atoms with Gasteiger partial charge in [-0.15, -0.1) is 0 Å². The van der Waals surface area contributed by atoms with Crippen molar-refractivity contribution in [1.82, 2.24) is 0 Å². The molecule has 0 fully saturated rings. The summed E-state index contributed by atoms with van der Waals surface area (Å²) in [5.74, 6) is 0.641. The van der Waals surface area contributed by atoms with Crippen molar-refractivity contribution < 1.29 is 4.74 Å². The number of nitrogens with zero attached hydrogens (tertiary/aromatic N) is 1. The lowest BCUT2D eigenvalue weighted by Crippen LogP contribution is -1.90. The largest absolute Gasteiger partial charge is 0.495 e. The van der Waals surface area contributed by atoms with Crippen LogP contribution in [0.4, 0.5) is 0 Å². The monoisotopic (exact) mass is 273 g/mol. The van der Waals surface area contributed by atoms with Gasteiger partial charge in [0, 0.05) is 10.9 Å². The van der Waals surface area contributed by atoms with E-state index in [1.165, 1.54) is 0 Å². The lowest BCUT2D eigenvalue weighted by Gasteiger charge is -2.07. The fraction of sp³-hybridized carbons (Fsp3) is 0.300. The molecule has 0 aromatic heterocycles. The van der Waals surface area contributed by atoms with Crippen LogP contribution >= 0.6 is 27.5 Å². The standard InChI is InChI=1S/C10H9BrClNO/c1-14-10-5-7(3-2-4-13)8(11)6-9(10)12/h5-6H,2-3H2,1H3. The van der Waals surface area contributed by atoms with Crippen LogP contribution in [-0.4, -0.2) is 7.11 Å².